The Bertz CT molecular complexity index is 2320. The molecule has 4 aromatic carbocycles. The molecule has 1 N–H and O–H groups in total. The van der Waals surface area contributed by atoms with Crippen LogP contribution in [0, 0.1) is 0 Å². The first kappa shape index (κ1) is 24.8. The second-order valence-corrected chi connectivity index (χ2v) is 10.4. The Morgan fingerprint density at radius 1 is 0.674 bits per heavy atom. The molecule has 0 bridgehead atoms. The average Bonchev–Trinajstić information content (AvgIpc) is 3.79. The average molecular weight is 556 g/mol. The number of hydrogen-bond acceptors (Lipinski definition) is 4. The SMILES string of the molecule is C=C/C=C\c1cn(-c2cccc(-c3ccccc3)n2)c2cc(-c3nnc(-c4ccc5c(c4)[nH]c4ccccc45)o3)ccc12. The van der Waals surface area contributed by atoms with Crippen molar-refractivity contribution in [3.63, 3.8) is 0 Å². The third-order valence-corrected chi connectivity index (χ3v) is 7.72. The fourth-order valence-corrected chi connectivity index (χ4v) is 5.65. The Balaban J connectivity index is 1.21. The van der Waals surface area contributed by atoms with E-state index in [0.717, 1.165) is 61.1 Å². The number of nitrogens with zero attached hydrogens (tertiary/aromatic N) is 4. The van der Waals surface area contributed by atoms with Crippen molar-refractivity contribution >= 4 is 38.8 Å². The van der Waals surface area contributed by atoms with Crippen LogP contribution in [-0.2, 0) is 0 Å². The summed E-state index contributed by atoms with van der Waals surface area (Å²) in [5, 5.41) is 12.3. The number of aromatic amines is 1. The van der Waals surface area contributed by atoms with Gasteiger partial charge >= 0.3 is 0 Å². The maximum atomic E-state index is 6.23. The molecule has 8 rings (SSSR count). The van der Waals surface area contributed by atoms with Crippen LogP contribution in [0.4, 0.5) is 0 Å². The molecule has 0 atom stereocenters. The van der Waals surface area contributed by atoms with Crippen molar-refractivity contribution in [2.45, 2.75) is 0 Å². The topological polar surface area (TPSA) is 72.5 Å². The minimum Gasteiger partial charge on any atom is -0.416 e. The van der Waals surface area contributed by atoms with E-state index in [0.29, 0.717) is 11.8 Å². The van der Waals surface area contributed by atoms with E-state index in [2.05, 4.69) is 93.2 Å². The summed E-state index contributed by atoms with van der Waals surface area (Å²) in [6, 6.07) is 36.9. The zero-order valence-corrected chi connectivity index (χ0v) is 23.1. The fourth-order valence-electron chi connectivity index (χ4n) is 5.65. The van der Waals surface area contributed by atoms with E-state index >= 15 is 0 Å². The highest BCUT2D eigenvalue weighted by molar-refractivity contribution is 6.08. The minimum atomic E-state index is 0.454. The number of hydrogen-bond donors (Lipinski definition) is 1. The van der Waals surface area contributed by atoms with Crippen molar-refractivity contribution in [3.8, 4) is 40.0 Å². The van der Waals surface area contributed by atoms with Crippen molar-refractivity contribution in [3.05, 3.63) is 140 Å². The molecule has 4 aromatic heterocycles. The van der Waals surface area contributed by atoms with Gasteiger partial charge in [0.1, 0.15) is 5.82 Å². The van der Waals surface area contributed by atoms with Gasteiger partial charge in [0.2, 0.25) is 11.8 Å². The zero-order chi connectivity index (χ0) is 28.8. The Kier molecular flexibility index (Phi) is 5.83. The molecular weight excluding hydrogens is 530 g/mol. The van der Waals surface area contributed by atoms with Crippen LogP contribution >= 0.6 is 0 Å². The van der Waals surface area contributed by atoms with Crippen molar-refractivity contribution in [1.82, 2.24) is 24.7 Å². The molecule has 43 heavy (non-hydrogen) atoms. The molecule has 0 aliphatic carbocycles. The number of rotatable bonds is 6. The van der Waals surface area contributed by atoms with Crippen LogP contribution in [0.25, 0.3) is 78.8 Å². The first-order valence-corrected chi connectivity index (χ1v) is 14.1. The predicted molar refractivity (Wildman–Crippen MR) is 174 cm³/mol. The van der Waals surface area contributed by atoms with Gasteiger partial charge in [-0.25, -0.2) is 4.98 Å². The monoisotopic (exact) mass is 555 g/mol. The molecule has 0 saturated carbocycles. The summed E-state index contributed by atoms with van der Waals surface area (Å²) >= 11 is 0. The number of allylic oxidation sites excluding steroid dienone is 2. The lowest BCUT2D eigenvalue weighted by Crippen LogP contribution is -1.97. The molecule has 6 nitrogen and oxygen atoms in total. The first-order valence-electron chi connectivity index (χ1n) is 14.1. The highest BCUT2D eigenvalue weighted by Gasteiger charge is 2.16. The van der Waals surface area contributed by atoms with Crippen LogP contribution in [0.5, 0.6) is 0 Å². The quantitative estimate of drug-likeness (QED) is 0.208. The number of nitrogens with one attached hydrogen (secondary N) is 1. The Morgan fingerprint density at radius 3 is 2.26 bits per heavy atom. The largest absolute Gasteiger partial charge is 0.416 e. The smallest absolute Gasteiger partial charge is 0.248 e. The minimum absolute atomic E-state index is 0.454. The van der Waals surface area contributed by atoms with Crippen molar-refractivity contribution in [2.24, 2.45) is 0 Å². The fraction of sp³-hybridized carbons (Fsp3) is 0. The lowest BCUT2D eigenvalue weighted by atomic mass is 10.1. The summed E-state index contributed by atoms with van der Waals surface area (Å²) in [4.78, 5) is 8.50. The lowest BCUT2D eigenvalue weighted by molar-refractivity contribution is 0.585. The van der Waals surface area contributed by atoms with Crippen molar-refractivity contribution < 1.29 is 4.42 Å². The maximum absolute atomic E-state index is 6.23. The number of benzene rings is 4. The third kappa shape index (κ3) is 4.33. The summed E-state index contributed by atoms with van der Waals surface area (Å²) in [6.07, 6.45) is 7.87. The van der Waals surface area contributed by atoms with Gasteiger partial charge in [-0.05, 0) is 42.5 Å². The molecule has 0 amide bonds. The number of pyridine rings is 1. The number of para-hydroxylation sites is 1. The van der Waals surface area contributed by atoms with Crippen LogP contribution < -0.4 is 0 Å². The van der Waals surface area contributed by atoms with E-state index in [4.69, 9.17) is 9.40 Å². The van der Waals surface area contributed by atoms with Crippen LogP contribution in [0.2, 0.25) is 0 Å². The van der Waals surface area contributed by atoms with Crippen molar-refractivity contribution in [1.29, 1.82) is 0 Å². The van der Waals surface area contributed by atoms with Gasteiger partial charge in [-0.3, -0.25) is 0 Å². The molecule has 6 heteroatoms. The summed E-state index contributed by atoms with van der Waals surface area (Å²) in [6.45, 7) is 3.84. The van der Waals surface area contributed by atoms with E-state index in [1.807, 2.05) is 60.7 Å². The molecule has 0 unspecified atom stereocenters. The van der Waals surface area contributed by atoms with Gasteiger partial charge in [0.05, 0.1) is 11.2 Å². The van der Waals surface area contributed by atoms with Crippen LogP contribution in [-0.4, -0.2) is 24.7 Å². The van der Waals surface area contributed by atoms with E-state index in [-0.39, 0.29) is 0 Å². The van der Waals surface area contributed by atoms with Gasteiger partial charge in [-0.15, -0.1) is 10.2 Å². The normalized spacial score (nSPS) is 11.7. The second-order valence-electron chi connectivity index (χ2n) is 10.4. The maximum Gasteiger partial charge on any atom is 0.248 e. The standard InChI is InChI=1S/C37H25N5O/c1-2-3-10-27-23-42(35-16-9-15-31(39-35)24-11-5-4-6-12-24)34-22-26(17-19-28(27)34)37-41-40-36(43-37)25-18-20-30-29-13-7-8-14-32(29)38-33(30)21-25/h2-23,38H,1H2/b10-3-. The van der Waals surface area contributed by atoms with Gasteiger partial charge in [0.15, 0.2) is 0 Å². The van der Waals surface area contributed by atoms with Gasteiger partial charge in [-0.2, -0.15) is 0 Å². The number of aromatic nitrogens is 5. The molecule has 0 aliphatic rings. The summed E-state index contributed by atoms with van der Waals surface area (Å²) < 4.78 is 8.34. The molecule has 8 aromatic rings. The molecule has 0 aliphatic heterocycles. The molecule has 0 saturated heterocycles. The molecule has 4 heterocycles. The summed E-state index contributed by atoms with van der Waals surface area (Å²) in [5.41, 5.74) is 7.84. The van der Waals surface area contributed by atoms with Crippen LogP contribution in [0.15, 0.2) is 139 Å². The zero-order valence-electron chi connectivity index (χ0n) is 23.1. The Labute approximate surface area is 247 Å². The van der Waals surface area contributed by atoms with E-state index in [9.17, 15) is 0 Å². The molecular formula is C37H25N5O. The van der Waals surface area contributed by atoms with E-state index < -0.39 is 0 Å². The highest BCUT2D eigenvalue weighted by atomic mass is 16.4. The molecule has 0 spiro atoms. The number of fused-ring (bicyclic) bond motifs is 4. The Morgan fingerprint density at radius 2 is 1.42 bits per heavy atom. The van der Waals surface area contributed by atoms with E-state index in [1.54, 1.807) is 6.08 Å². The van der Waals surface area contributed by atoms with Gasteiger partial charge < -0.3 is 14.0 Å². The summed E-state index contributed by atoms with van der Waals surface area (Å²) in [5.74, 6) is 1.74. The predicted octanol–water partition coefficient (Wildman–Crippen LogP) is 9.24. The third-order valence-electron chi connectivity index (χ3n) is 7.72. The van der Waals surface area contributed by atoms with Crippen molar-refractivity contribution in [2.75, 3.05) is 0 Å². The molecule has 204 valence electrons. The van der Waals surface area contributed by atoms with Gasteiger partial charge in [0.25, 0.3) is 0 Å². The first-order chi connectivity index (χ1) is 21.2. The summed E-state index contributed by atoms with van der Waals surface area (Å²) in [7, 11) is 0. The Hall–Kier alpha value is -6.01. The van der Waals surface area contributed by atoms with Crippen LogP contribution in [0.1, 0.15) is 5.56 Å². The van der Waals surface area contributed by atoms with E-state index in [1.165, 1.54) is 5.39 Å². The van der Waals surface area contributed by atoms with Crippen LogP contribution in [0.3, 0.4) is 0 Å². The lowest BCUT2D eigenvalue weighted by Gasteiger charge is -2.08. The number of H-pyrrole nitrogens is 1. The van der Waals surface area contributed by atoms with Gasteiger partial charge in [-0.1, -0.05) is 91.5 Å². The second kappa shape index (κ2) is 10.1. The van der Waals surface area contributed by atoms with Gasteiger partial charge in [0, 0.05) is 55.6 Å². The molecule has 0 fully saturated rings. The highest BCUT2D eigenvalue weighted by Crippen LogP contribution is 2.33. The molecule has 0 radical (unpaired) electrons.